The molecule has 100 valence electrons. The topological polar surface area (TPSA) is 42.4 Å². The second kappa shape index (κ2) is 5.27. The van der Waals surface area contributed by atoms with Crippen molar-refractivity contribution in [2.24, 2.45) is 5.73 Å². The van der Waals surface area contributed by atoms with E-state index in [9.17, 15) is 0 Å². The molecule has 0 bridgehead atoms. The van der Waals surface area contributed by atoms with E-state index in [0.717, 1.165) is 28.6 Å². The molecule has 1 aromatic heterocycles. The van der Waals surface area contributed by atoms with Crippen molar-refractivity contribution in [3.8, 4) is 0 Å². The van der Waals surface area contributed by atoms with Crippen LogP contribution in [0.2, 0.25) is 5.02 Å². The molecule has 1 aromatic carbocycles. The van der Waals surface area contributed by atoms with Gasteiger partial charge in [-0.05, 0) is 37.1 Å². The minimum atomic E-state index is 0.455. The molecule has 0 aliphatic heterocycles. The van der Waals surface area contributed by atoms with Crippen LogP contribution in [0.25, 0.3) is 0 Å². The largest absolute Gasteiger partial charge is 0.467 e. The first-order chi connectivity index (χ1) is 9.29. The molecule has 1 fully saturated rings. The Kier molecular flexibility index (Phi) is 3.49. The zero-order valence-corrected chi connectivity index (χ0v) is 11.4. The molecule has 0 unspecified atom stereocenters. The fourth-order valence-corrected chi connectivity index (χ4v) is 2.63. The molecule has 1 aliphatic rings. The van der Waals surface area contributed by atoms with E-state index in [1.807, 2.05) is 24.3 Å². The van der Waals surface area contributed by atoms with Crippen molar-refractivity contribution < 1.29 is 4.42 Å². The van der Waals surface area contributed by atoms with Crippen LogP contribution in [-0.2, 0) is 13.1 Å². The summed E-state index contributed by atoms with van der Waals surface area (Å²) in [5.41, 5.74) is 8.00. The average Bonchev–Trinajstić information content (AvgIpc) is 3.13. The monoisotopic (exact) mass is 276 g/mol. The summed E-state index contributed by atoms with van der Waals surface area (Å²) in [6.07, 6.45) is 4.15. The van der Waals surface area contributed by atoms with Crippen LogP contribution in [-0.4, -0.2) is 6.04 Å². The highest BCUT2D eigenvalue weighted by molar-refractivity contribution is 6.31. The second-order valence-corrected chi connectivity index (χ2v) is 5.29. The maximum absolute atomic E-state index is 6.25. The number of furan rings is 1. The number of benzene rings is 1. The lowest BCUT2D eigenvalue weighted by molar-refractivity contribution is 0.501. The lowest BCUT2D eigenvalue weighted by Crippen LogP contribution is -2.26. The van der Waals surface area contributed by atoms with Crippen molar-refractivity contribution in [3.63, 3.8) is 0 Å². The van der Waals surface area contributed by atoms with Crippen molar-refractivity contribution in [3.05, 3.63) is 52.9 Å². The third-order valence-electron chi connectivity index (χ3n) is 3.50. The summed E-state index contributed by atoms with van der Waals surface area (Å²) in [6.45, 7) is 1.22. The molecule has 0 saturated heterocycles. The number of hydrogen-bond donors (Lipinski definition) is 1. The Balaban J connectivity index is 1.94. The van der Waals surface area contributed by atoms with Gasteiger partial charge in [-0.25, -0.2) is 0 Å². The fraction of sp³-hybridized carbons (Fsp3) is 0.333. The van der Waals surface area contributed by atoms with Gasteiger partial charge in [-0.1, -0.05) is 17.7 Å². The molecule has 1 aliphatic carbocycles. The first-order valence-electron chi connectivity index (χ1n) is 6.56. The van der Waals surface area contributed by atoms with Gasteiger partial charge in [0, 0.05) is 28.9 Å². The van der Waals surface area contributed by atoms with E-state index in [-0.39, 0.29) is 0 Å². The Labute approximate surface area is 118 Å². The quantitative estimate of drug-likeness (QED) is 0.908. The summed E-state index contributed by atoms with van der Waals surface area (Å²) < 4.78 is 5.46. The molecule has 0 spiro atoms. The predicted molar refractivity (Wildman–Crippen MR) is 77.3 cm³/mol. The molecule has 2 N–H and O–H groups in total. The maximum atomic E-state index is 6.25. The minimum Gasteiger partial charge on any atom is -0.467 e. The Morgan fingerprint density at radius 2 is 2.11 bits per heavy atom. The van der Waals surface area contributed by atoms with E-state index >= 15 is 0 Å². The summed E-state index contributed by atoms with van der Waals surface area (Å²) in [4.78, 5) is 2.35. The summed E-state index contributed by atoms with van der Waals surface area (Å²) in [5.74, 6) is 0.967. The molecule has 2 aromatic rings. The molecule has 1 heterocycles. The van der Waals surface area contributed by atoms with Gasteiger partial charge in [0.05, 0.1) is 12.8 Å². The van der Waals surface area contributed by atoms with Gasteiger partial charge in [0.1, 0.15) is 5.76 Å². The highest BCUT2D eigenvalue weighted by Crippen LogP contribution is 2.37. The van der Waals surface area contributed by atoms with Crippen LogP contribution in [0.1, 0.15) is 24.2 Å². The normalized spacial score (nSPS) is 14.6. The molecular weight excluding hydrogens is 260 g/mol. The number of halogens is 1. The van der Waals surface area contributed by atoms with Crippen LogP contribution < -0.4 is 10.6 Å². The molecule has 3 nitrogen and oxygen atoms in total. The van der Waals surface area contributed by atoms with Crippen LogP contribution in [0.5, 0.6) is 0 Å². The summed E-state index contributed by atoms with van der Waals surface area (Å²) in [7, 11) is 0. The SMILES string of the molecule is NCc1c(Cl)cccc1N(Cc1ccco1)C1CC1. The average molecular weight is 277 g/mol. The predicted octanol–water partition coefficient (Wildman–Crippen LogP) is 3.56. The van der Waals surface area contributed by atoms with E-state index in [0.29, 0.717) is 12.6 Å². The van der Waals surface area contributed by atoms with E-state index in [2.05, 4.69) is 11.0 Å². The molecule has 4 heteroatoms. The maximum Gasteiger partial charge on any atom is 0.123 e. The Bertz CT molecular complexity index is 549. The fourth-order valence-electron chi connectivity index (χ4n) is 2.39. The minimum absolute atomic E-state index is 0.455. The number of anilines is 1. The van der Waals surface area contributed by atoms with Gasteiger partial charge in [0.15, 0.2) is 0 Å². The smallest absolute Gasteiger partial charge is 0.123 e. The zero-order chi connectivity index (χ0) is 13.2. The highest BCUT2D eigenvalue weighted by Gasteiger charge is 2.31. The van der Waals surface area contributed by atoms with Gasteiger partial charge in [0.25, 0.3) is 0 Å². The van der Waals surface area contributed by atoms with E-state index < -0.39 is 0 Å². The van der Waals surface area contributed by atoms with Gasteiger partial charge >= 0.3 is 0 Å². The third kappa shape index (κ3) is 2.62. The van der Waals surface area contributed by atoms with Crippen molar-refractivity contribution >= 4 is 17.3 Å². The molecule has 0 atom stereocenters. The molecule has 19 heavy (non-hydrogen) atoms. The number of hydrogen-bond acceptors (Lipinski definition) is 3. The summed E-state index contributed by atoms with van der Waals surface area (Å²) >= 11 is 6.25. The van der Waals surface area contributed by atoms with Crippen LogP contribution in [0.15, 0.2) is 41.0 Å². The number of nitrogens with two attached hydrogens (primary N) is 1. The molecule has 3 rings (SSSR count). The highest BCUT2D eigenvalue weighted by atomic mass is 35.5. The van der Waals surface area contributed by atoms with Crippen LogP contribution >= 0.6 is 11.6 Å². The zero-order valence-electron chi connectivity index (χ0n) is 10.7. The van der Waals surface area contributed by atoms with Gasteiger partial charge in [0.2, 0.25) is 0 Å². The number of nitrogens with zero attached hydrogens (tertiary/aromatic N) is 1. The van der Waals surface area contributed by atoms with Gasteiger partial charge in [-0.2, -0.15) is 0 Å². The van der Waals surface area contributed by atoms with Crippen LogP contribution in [0.4, 0.5) is 5.69 Å². The Hall–Kier alpha value is -1.45. The van der Waals surface area contributed by atoms with Gasteiger partial charge < -0.3 is 15.1 Å². The van der Waals surface area contributed by atoms with E-state index in [4.69, 9.17) is 21.8 Å². The van der Waals surface area contributed by atoms with Crippen molar-refractivity contribution in [2.45, 2.75) is 32.0 Å². The molecule has 0 amide bonds. The standard InChI is InChI=1S/C15H17ClN2O/c16-14-4-1-5-15(13(14)9-17)18(11-6-7-11)10-12-3-2-8-19-12/h1-5,8,11H,6-7,9-10,17H2. The van der Waals surface area contributed by atoms with Gasteiger partial charge in [-0.3, -0.25) is 0 Å². The number of rotatable bonds is 5. The van der Waals surface area contributed by atoms with E-state index in [1.54, 1.807) is 6.26 Å². The van der Waals surface area contributed by atoms with Gasteiger partial charge in [-0.15, -0.1) is 0 Å². The van der Waals surface area contributed by atoms with E-state index in [1.165, 1.54) is 12.8 Å². The van der Waals surface area contributed by atoms with Crippen molar-refractivity contribution in [1.82, 2.24) is 0 Å². The Morgan fingerprint density at radius 3 is 2.74 bits per heavy atom. The molecular formula is C15H17ClN2O. The lowest BCUT2D eigenvalue weighted by Gasteiger charge is -2.26. The summed E-state index contributed by atoms with van der Waals surface area (Å²) in [5, 5.41) is 0.741. The van der Waals surface area contributed by atoms with Crippen molar-refractivity contribution in [2.75, 3.05) is 4.90 Å². The summed E-state index contributed by atoms with van der Waals surface area (Å²) in [6, 6.07) is 10.5. The van der Waals surface area contributed by atoms with Crippen LogP contribution in [0, 0.1) is 0 Å². The first kappa shape index (κ1) is 12.6. The second-order valence-electron chi connectivity index (χ2n) is 4.88. The molecule has 1 saturated carbocycles. The first-order valence-corrected chi connectivity index (χ1v) is 6.94. The van der Waals surface area contributed by atoms with Crippen LogP contribution in [0.3, 0.4) is 0 Å². The molecule has 0 radical (unpaired) electrons. The lowest BCUT2D eigenvalue weighted by atomic mass is 10.1. The third-order valence-corrected chi connectivity index (χ3v) is 3.86. The van der Waals surface area contributed by atoms with Crippen molar-refractivity contribution in [1.29, 1.82) is 0 Å². The Morgan fingerprint density at radius 1 is 1.26 bits per heavy atom.